The first-order chi connectivity index (χ1) is 16.2. The van der Waals surface area contributed by atoms with Crippen molar-refractivity contribution in [2.24, 2.45) is 0 Å². The largest absolute Gasteiger partial charge is 0.487 e. The van der Waals surface area contributed by atoms with Crippen molar-refractivity contribution in [2.45, 2.75) is 56.8 Å². The van der Waals surface area contributed by atoms with Crippen LogP contribution in [-0.2, 0) is 16.0 Å². The molecule has 0 radical (unpaired) electrons. The highest BCUT2D eigenvalue weighted by Crippen LogP contribution is 2.42. The average Bonchev–Trinajstić information content (AvgIpc) is 2.86. The molecule has 2 aromatic carbocycles. The van der Waals surface area contributed by atoms with E-state index in [1.807, 2.05) is 12.1 Å². The summed E-state index contributed by atoms with van der Waals surface area (Å²) in [6, 6.07) is 14.6. The van der Waals surface area contributed by atoms with Crippen LogP contribution in [-0.4, -0.2) is 41.6 Å². The van der Waals surface area contributed by atoms with E-state index in [-0.39, 0.29) is 11.9 Å². The zero-order valence-electron chi connectivity index (χ0n) is 18.8. The molecule has 6 rings (SSSR count). The Bertz CT molecular complexity index is 1150. The minimum Gasteiger partial charge on any atom is -0.487 e. The number of aryl methyl sites for hydroxylation is 1. The minimum atomic E-state index is -0.0910. The summed E-state index contributed by atoms with van der Waals surface area (Å²) in [7, 11) is 0. The third-order valence-corrected chi connectivity index (χ3v) is 7.68. The van der Waals surface area contributed by atoms with Crippen molar-refractivity contribution < 1.29 is 14.3 Å². The zero-order chi connectivity index (χ0) is 22.3. The van der Waals surface area contributed by atoms with Gasteiger partial charge in [0, 0.05) is 56.1 Å². The highest BCUT2D eigenvalue weighted by Gasteiger charge is 2.40. The van der Waals surface area contributed by atoms with E-state index >= 15 is 0 Å². The van der Waals surface area contributed by atoms with Gasteiger partial charge in [-0.1, -0.05) is 35.9 Å². The molecule has 3 aliphatic heterocycles. The van der Waals surface area contributed by atoms with Crippen LogP contribution in [0.5, 0.6) is 5.75 Å². The molecule has 1 aromatic heterocycles. The number of aromatic nitrogens is 1. The van der Waals surface area contributed by atoms with Gasteiger partial charge >= 0.3 is 0 Å². The first-order valence-electron chi connectivity index (χ1n) is 12.1. The fourth-order valence-corrected chi connectivity index (χ4v) is 5.66. The van der Waals surface area contributed by atoms with Crippen LogP contribution in [0.4, 0.5) is 0 Å². The molecule has 0 aliphatic carbocycles. The monoisotopic (exact) mass is 464 g/mol. The van der Waals surface area contributed by atoms with Gasteiger partial charge in [0.25, 0.3) is 0 Å². The van der Waals surface area contributed by atoms with Crippen LogP contribution in [0.3, 0.4) is 0 Å². The number of benzene rings is 2. The number of halogens is 1. The van der Waals surface area contributed by atoms with Gasteiger partial charge in [0.1, 0.15) is 11.4 Å². The van der Waals surface area contributed by atoms with E-state index in [2.05, 4.69) is 40.4 Å². The van der Waals surface area contributed by atoms with Gasteiger partial charge in [-0.3, -0.25) is 9.82 Å². The maximum absolute atomic E-state index is 6.74. The number of ether oxygens (including phenoxy) is 2. The van der Waals surface area contributed by atoms with Gasteiger partial charge in [-0.05, 0) is 55.0 Å². The average molecular weight is 465 g/mol. The predicted octanol–water partition coefficient (Wildman–Crippen LogP) is 6.17. The number of piperidine rings is 1. The molecule has 1 atom stereocenters. The third-order valence-electron chi connectivity index (χ3n) is 7.30. The van der Waals surface area contributed by atoms with Crippen LogP contribution in [0.15, 0.2) is 48.7 Å². The second-order valence-corrected chi connectivity index (χ2v) is 9.82. The summed E-state index contributed by atoms with van der Waals surface area (Å²) in [6.45, 7) is 2.57. The molecule has 2 saturated heterocycles. The molecule has 4 heterocycles. The molecule has 0 bridgehead atoms. The van der Waals surface area contributed by atoms with Crippen molar-refractivity contribution >= 4 is 22.5 Å². The number of hydrogen-bond acceptors (Lipinski definition) is 5. The van der Waals surface area contributed by atoms with Crippen LogP contribution in [0.2, 0.25) is 5.02 Å². The van der Waals surface area contributed by atoms with Crippen LogP contribution in [0.1, 0.15) is 44.1 Å². The molecule has 6 heteroatoms. The van der Waals surface area contributed by atoms with Crippen molar-refractivity contribution in [3.05, 3.63) is 59.2 Å². The van der Waals surface area contributed by atoms with Gasteiger partial charge in [-0.15, -0.1) is 0 Å². The highest BCUT2D eigenvalue weighted by molar-refractivity contribution is 6.37. The molecule has 5 nitrogen and oxygen atoms in total. The molecule has 3 aliphatic rings. The van der Waals surface area contributed by atoms with Crippen molar-refractivity contribution in [1.29, 1.82) is 0 Å². The molecule has 0 saturated carbocycles. The summed E-state index contributed by atoms with van der Waals surface area (Å²) >= 11 is 6.74. The van der Waals surface area contributed by atoms with Crippen molar-refractivity contribution in [1.82, 2.24) is 10.0 Å². The molecule has 33 heavy (non-hydrogen) atoms. The smallest absolute Gasteiger partial charge is 0.177 e. The standard InChI is InChI=1S/C27H29ClN2O3/c28-25-22(8-6-19-4-3-14-29-26(19)25)20-7-9-23-21(18-20)10-11-27(32-23)12-15-30(16-13-27)33-24-5-1-2-17-31-24/h3-4,6-9,14,18,24H,1-2,5,10-13,15-17H2. The maximum Gasteiger partial charge on any atom is 0.177 e. The summed E-state index contributed by atoms with van der Waals surface area (Å²) < 4.78 is 12.4. The Morgan fingerprint density at radius 1 is 1.06 bits per heavy atom. The van der Waals surface area contributed by atoms with Gasteiger partial charge in [0.05, 0.1) is 10.5 Å². The number of nitrogens with zero attached hydrogens (tertiary/aromatic N) is 2. The van der Waals surface area contributed by atoms with Crippen molar-refractivity contribution in [3.63, 3.8) is 0 Å². The molecular formula is C27H29ClN2O3. The van der Waals surface area contributed by atoms with E-state index in [1.165, 1.54) is 12.0 Å². The number of hydrogen-bond donors (Lipinski definition) is 0. The lowest BCUT2D eigenvalue weighted by molar-refractivity contribution is -0.301. The Labute approximate surface area is 199 Å². The Morgan fingerprint density at radius 3 is 2.82 bits per heavy atom. The van der Waals surface area contributed by atoms with Crippen LogP contribution in [0.25, 0.3) is 22.0 Å². The Hall–Kier alpha value is -2.18. The third kappa shape index (κ3) is 4.24. The van der Waals surface area contributed by atoms with Gasteiger partial charge < -0.3 is 9.47 Å². The van der Waals surface area contributed by atoms with Gasteiger partial charge in [-0.2, -0.15) is 5.06 Å². The summed E-state index contributed by atoms with van der Waals surface area (Å²) in [5.74, 6) is 1.00. The van der Waals surface area contributed by atoms with E-state index < -0.39 is 0 Å². The second kappa shape index (κ2) is 8.88. The first-order valence-corrected chi connectivity index (χ1v) is 12.5. The van der Waals surface area contributed by atoms with E-state index in [4.69, 9.17) is 25.9 Å². The van der Waals surface area contributed by atoms with Crippen LogP contribution >= 0.6 is 11.6 Å². The SMILES string of the molecule is Clc1c(-c2ccc3c(c2)CCC2(CCN(OC4CCCCO4)CC2)O3)ccc2cccnc12. The molecule has 2 fully saturated rings. The molecule has 1 spiro atoms. The molecule has 1 unspecified atom stereocenters. The quantitative estimate of drug-likeness (QED) is 0.463. The van der Waals surface area contributed by atoms with Crippen LogP contribution in [0, 0.1) is 0 Å². The van der Waals surface area contributed by atoms with Gasteiger partial charge in [0.15, 0.2) is 6.29 Å². The lowest BCUT2D eigenvalue weighted by atomic mass is 9.83. The van der Waals surface area contributed by atoms with Crippen molar-refractivity contribution in [2.75, 3.05) is 19.7 Å². The molecular weight excluding hydrogens is 436 g/mol. The van der Waals surface area contributed by atoms with E-state index in [0.717, 1.165) is 86.0 Å². The summed E-state index contributed by atoms with van der Waals surface area (Å²) in [4.78, 5) is 10.6. The Morgan fingerprint density at radius 2 is 1.97 bits per heavy atom. The normalized spacial score (nSPS) is 22.8. The van der Waals surface area contributed by atoms with Crippen LogP contribution < -0.4 is 4.74 Å². The van der Waals surface area contributed by atoms with E-state index in [0.29, 0.717) is 5.02 Å². The van der Waals surface area contributed by atoms with Crippen molar-refractivity contribution in [3.8, 4) is 16.9 Å². The van der Waals surface area contributed by atoms with Gasteiger partial charge in [-0.25, -0.2) is 0 Å². The molecule has 0 N–H and O–H groups in total. The number of pyridine rings is 1. The highest BCUT2D eigenvalue weighted by atomic mass is 35.5. The van der Waals surface area contributed by atoms with E-state index in [9.17, 15) is 0 Å². The van der Waals surface area contributed by atoms with E-state index in [1.54, 1.807) is 6.20 Å². The number of rotatable bonds is 3. The Balaban J connectivity index is 1.16. The molecule has 0 amide bonds. The minimum absolute atomic E-state index is 0.0728. The topological polar surface area (TPSA) is 43.8 Å². The zero-order valence-corrected chi connectivity index (χ0v) is 19.5. The Kier molecular flexibility index (Phi) is 5.75. The fourth-order valence-electron chi connectivity index (χ4n) is 5.33. The lowest BCUT2D eigenvalue weighted by Gasteiger charge is -2.44. The number of hydroxylamine groups is 2. The maximum atomic E-state index is 6.74. The van der Waals surface area contributed by atoms with Gasteiger partial charge in [0.2, 0.25) is 0 Å². The first kappa shape index (κ1) is 21.4. The molecule has 172 valence electrons. The second-order valence-electron chi connectivity index (χ2n) is 9.44. The predicted molar refractivity (Wildman–Crippen MR) is 129 cm³/mol. The summed E-state index contributed by atoms with van der Waals surface area (Å²) in [5, 5.41) is 3.84. The number of fused-ring (bicyclic) bond motifs is 2. The fraction of sp³-hybridized carbons (Fsp3) is 0.444. The molecule has 3 aromatic rings. The summed E-state index contributed by atoms with van der Waals surface area (Å²) in [5.41, 5.74) is 4.14. The lowest BCUT2D eigenvalue weighted by Crippen LogP contribution is -2.50. The summed E-state index contributed by atoms with van der Waals surface area (Å²) in [6.07, 6.45) is 9.03.